The quantitative estimate of drug-likeness (QED) is 0.588. The van der Waals surface area contributed by atoms with Crippen LogP contribution in [0.25, 0.3) is 11.4 Å². The molecule has 3 heterocycles. The van der Waals surface area contributed by atoms with Crippen molar-refractivity contribution in [1.82, 2.24) is 15.2 Å². The number of para-hydroxylation sites is 1. The van der Waals surface area contributed by atoms with E-state index in [0.717, 1.165) is 21.3 Å². The number of rotatable bonds is 4. The van der Waals surface area contributed by atoms with Crippen LogP contribution in [-0.2, 0) is 16.0 Å². The van der Waals surface area contributed by atoms with E-state index in [0.29, 0.717) is 17.2 Å². The van der Waals surface area contributed by atoms with Crippen molar-refractivity contribution < 1.29 is 9.59 Å². The van der Waals surface area contributed by atoms with Gasteiger partial charge < -0.3 is 10.6 Å². The van der Waals surface area contributed by atoms with Crippen molar-refractivity contribution in [3.63, 3.8) is 0 Å². The Balaban J connectivity index is 1.48. The lowest BCUT2D eigenvalue weighted by Gasteiger charge is -2.24. The van der Waals surface area contributed by atoms with Gasteiger partial charge in [0.25, 0.3) is 0 Å². The van der Waals surface area contributed by atoms with Gasteiger partial charge in [0, 0.05) is 22.0 Å². The molecule has 1 atom stereocenters. The number of aromatic nitrogens is 3. The molecule has 3 aromatic rings. The van der Waals surface area contributed by atoms with Crippen molar-refractivity contribution in [2.24, 2.45) is 5.92 Å². The molecule has 0 bridgehead atoms. The topological polar surface area (TPSA) is 99.8 Å². The van der Waals surface area contributed by atoms with Gasteiger partial charge in [-0.1, -0.05) is 18.2 Å². The summed E-state index contributed by atoms with van der Waals surface area (Å²) in [7, 11) is 0. The molecule has 0 saturated carbocycles. The van der Waals surface area contributed by atoms with Crippen molar-refractivity contribution in [3.05, 3.63) is 46.0 Å². The summed E-state index contributed by atoms with van der Waals surface area (Å²) in [5.74, 6) is -0.152. The van der Waals surface area contributed by atoms with Gasteiger partial charge in [-0.3, -0.25) is 14.7 Å². The van der Waals surface area contributed by atoms with Gasteiger partial charge in [0.1, 0.15) is 11.3 Å². The summed E-state index contributed by atoms with van der Waals surface area (Å²) in [6.07, 6.45) is 2.08. The molecule has 0 spiro atoms. The normalized spacial score (nSPS) is 16.0. The van der Waals surface area contributed by atoms with E-state index in [9.17, 15) is 9.59 Å². The van der Waals surface area contributed by atoms with Gasteiger partial charge in [-0.15, -0.1) is 11.3 Å². The van der Waals surface area contributed by atoms with Crippen molar-refractivity contribution in [3.8, 4) is 11.4 Å². The third-order valence-electron chi connectivity index (χ3n) is 4.20. The van der Waals surface area contributed by atoms with Gasteiger partial charge in [-0.05, 0) is 34.0 Å². The van der Waals surface area contributed by atoms with E-state index in [1.165, 1.54) is 17.7 Å². The highest BCUT2D eigenvalue weighted by Crippen LogP contribution is 2.39. The third kappa shape index (κ3) is 3.27. The number of carbonyl (C=O) groups excluding carboxylic acids is 2. The largest absolute Gasteiger partial charge is 0.326 e. The second-order valence-electron chi connectivity index (χ2n) is 5.92. The number of amides is 2. The maximum absolute atomic E-state index is 12.5. The van der Waals surface area contributed by atoms with Gasteiger partial charge in [0.05, 0.1) is 11.5 Å². The van der Waals surface area contributed by atoms with Crippen LogP contribution in [-0.4, -0.2) is 27.0 Å². The van der Waals surface area contributed by atoms with E-state index in [1.807, 2.05) is 29.6 Å². The van der Waals surface area contributed by atoms with Crippen LogP contribution in [0.3, 0.4) is 0 Å². The standard InChI is InChI=1S/C17H14BrN5O2S/c18-11-7-26-17(14(11)15-19-8-20-23-15)22-13(24)6-10-5-9-3-1-2-4-12(9)21-16(10)25/h1-4,7-8,10H,5-6H2,(H,21,25)(H,22,24)(H,19,20,23). The zero-order chi connectivity index (χ0) is 18.1. The minimum Gasteiger partial charge on any atom is -0.326 e. The number of hydrogen-bond acceptors (Lipinski definition) is 5. The first-order valence-corrected chi connectivity index (χ1v) is 9.60. The van der Waals surface area contributed by atoms with E-state index >= 15 is 0 Å². The maximum Gasteiger partial charge on any atom is 0.228 e. The number of aromatic amines is 1. The van der Waals surface area contributed by atoms with E-state index in [4.69, 9.17) is 0 Å². The smallest absolute Gasteiger partial charge is 0.228 e. The Kier molecular flexibility index (Phi) is 4.56. The van der Waals surface area contributed by atoms with Gasteiger partial charge in [-0.25, -0.2) is 4.98 Å². The first kappa shape index (κ1) is 16.9. The molecule has 7 nitrogen and oxygen atoms in total. The highest BCUT2D eigenvalue weighted by atomic mass is 79.9. The van der Waals surface area contributed by atoms with Gasteiger partial charge >= 0.3 is 0 Å². The fourth-order valence-corrected chi connectivity index (χ4v) is 4.59. The zero-order valence-corrected chi connectivity index (χ0v) is 15.9. The number of nitrogens with one attached hydrogen (secondary N) is 3. The van der Waals surface area contributed by atoms with Crippen molar-refractivity contribution in [2.45, 2.75) is 12.8 Å². The van der Waals surface area contributed by atoms with Crippen LogP contribution in [0.4, 0.5) is 10.7 Å². The van der Waals surface area contributed by atoms with Crippen molar-refractivity contribution in [1.29, 1.82) is 0 Å². The van der Waals surface area contributed by atoms with Crippen LogP contribution in [0, 0.1) is 5.92 Å². The van der Waals surface area contributed by atoms with Crippen LogP contribution >= 0.6 is 27.3 Å². The molecule has 0 saturated heterocycles. The predicted molar refractivity (Wildman–Crippen MR) is 103 cm³/mol. The molecule has 132 valence electrons. The Bertz CT molecular complexity index is 969. The fraction of sp³-hybridized carbons (Fsp3) is 0.176. The molecule has 0 aliphatic carbocycles. The molecule has 4 rings (SSSR count). The fourth-order valence-electron chi connectivity index (χ4n) is 2.96. The average molecular weight is 432 g/mol. The number of benzene rings is 1. The molecule has 3 N–H and O–H groups in total. The number of nitrogens with zero attached hydrogens (tertiary/aromatic N) is 2. The summed E-state index contributed by atoms with van der Waals surface area (Å²) in [6.45, 7) is 0. The first-order valence-electron chi connectivity index (χ1n) is 7.93. The highest BCUT2D eigenvalue weighted by Gasteiger charge is 2.28. The van der Waals surface area contributed by atoms with E-state index in [1.54, 1.807) is 0 Å². The molecule has 2 amide bonds. The average Bonchev–Trinajstić information content (AvgIpc) is 3.25. The number of halogens is 1. The predicted octanol–water partition coefficient (Wildman–Crippen LogP) is 3.44. The molecule has 1 aliphatic rings. The number of H-pyrrole nitrogens is 1. The van der Waals surface area contributed by atoms with E-state index in [-0.39, 0.29) is 24.2 Å². The number of thiophene rings is 1. The minimum atomic E-state index is -0.387. The lowest BCUT2D eigenvalue weighted by Crippen LogP contribution is -2.32. The van der Waals surface area contributed by atoms with Crippen LogP contribution in [0.1, 0.15) is 12.0 Å². The maximum atomic E-state index is 12.5. The number of hydrogen-bond donors (Lipinski definition) is 3. The molecule has 1 unspecified atom stereocenters. The van der Waals surface area contributed by atoms with Crippen LogP contribution < -0.4 is 10.6 Å². The van der Waals surface area contributed by atoms with E-state index < -0.39 is 0 Å². The van der Waals surface area contributed by atoms with Gasteiger partial charge in [0.2, 0.25) is 11.8 Å². The Morgan fingerprint density at radius 1 is 1.38 bits per heavy atom. The second kappa shape index (κ2) is 7.00. The highest BCUT2D eigenvalue weighted by molar-refractivity contribution is 9.10. The molecular formula is C17H14BrN5O2S. The summed E-state index contributed by atoms with van der Waals surface area (Å²) < 4.78 is 0.818. The Hall–Kier alpha value is -2.52. The van der Waals surface area contributed by atoms with Crippen LogP contribution in [0.2, 0.25) is 0 Å². The Labute approximate surface area is 161 Å². The van der Waals surface area contributed by atoms with Gasteiger partial charge in [-0.2, -0.15) is 5.10 Å². The zero-order valence-electron chi connectivity index (χ0n) is 13.5. The second-order valence-corrected chi connectivity index (χ2v) is 7.66. The molecule has 2 aromatic heterocycles. The number of carbonyl (C=O) groups is 2. The molecule has 0 radical (unpaired) electrons. The summed E-state index contributed by atoms with van der Waals surface area (Å²) in [5, 5.41) is 14.9. The van der Waals surface area contributed by atoms with Crippen LogP contribution in [0.15, 0.2) is 40.4 Å². The Morgan fingerprint density at radius 3 is 3.04 bits per heavy atom. The van der Waals surface area contributed by atoms with Crippen LogP contribution in [0.5, 0.6) is 0 Å². The first-order chi connectivity index (χ1) is 12.6. The van der Waals surface area contributed by atoms with Crippen molar-refractivity contribution in [2.75, 3.05) is 10.6 Å². The molecule has 1 aromatic carbocycles. The minimum absolute atomic E-state index is 0.117. The monoisotopic (exact) mass is 431 g/mol. The molecular weight excluding hydrogens is 418 g/mol. The number of fused-ring (bicyclic) bond motifs is 1. The SMILES string of the molecule is O=C(CC1Cc2ccccc2NC1=O)Nc1scc(Br)c1-c1ncn[nH]1. The summed E-state index contributed by atoms with van der Waals surface area (Å²) in [6, 6.07) is 7.65. The molecule has 26 heavy (non-hydrogen) atoms. The molecule has 1 aliphatic heterocycles. The lowest BCUT2D eigenvalue weighted by atomic mass is 9.90. The van der Waals surface area contributed by atoms with E-state index in [2.05, 4.69) is 41.7 Å². The summed E-state index contributed by atoms with van der Waals surface area (Å²) in [5.41, 5.74) is 2.62. The lowest BCUT2D eigenvalue weighted by molar-refractivity contribution is -0.125. The van der Waals surface area contributed by atoms with Crippen molar-refractivity contribution >= 4 is 49.8 Å². The summed E-state index contributed by atoms with van der Waals surface area (Å²) in [4.78, 5) is 28.9. The molecule has 0 fully saturated rings. The number of anilines is 2. The Morgan fingerprint density at radius 2 is 2.23 bits per heavy atom. The van der Waals surface area contributed by atoms with Gasteiger partial charge in [0.15, 0.2) is 5.82 Å². The molecule has 9 heteroatoms. The third-order valence-corrected chi connectivity index (χ3v) is 6.02. The summed E-state index contributed by atoms with van der Waals surface area (Å²) >= 11 is 4.85.